The Morgan fingerprint density at radius 1 is 1.58 bits per heavy atom. The third-order valence-electron chi connectivity index (χ3n) is 3.03. The second-order valence-corrected chi connectivity index (χ2v) is 4.82. The molecule has 2 N–H and O–H groups in total. The summed E-state index contributed by atoms with van der Waals surface area (Å²) in [5.41, 5.74) is 6.36. The van der Waals surface area contributed by atoms with Crippen molar-refractivity contribution < 1.29 is 14.3 Å². The Kier molecular flexibility index (Phi) is 4.76. The molecular weight excluding hydrogens is 244 g/mol. The fourth-order valence-electron chi connectivity index (χ4n) is 2.14. The quantitative estimate of drug-likeness (QED) is 0.844. The topological polar surface area (TPSA) is 64.8 Å². The van der Waals surface area contributed by atoms with Crippen molar-refractivity contribution >= 4 is 5.91 Å². The molecule has 1 atom stereocenters. The van der Waals surface area contributed by atoms with E-state index in [1.165, 1.54) is 0 Å². The Labute approximate surface area is 113 Å². The first kappa shape index (κ1) is 13.8. The van der Waals surface area contributed by atoms with Crippen LogP contribution in [0.4, 0.5) is 0 Å². The summed E-state index contributed by atoms with van der Waals surface area (Å²) < 4.78 is 11.3. The number of hydrogen-bond donors (Lipinski definition) is 1. The summed E-state index contributed by atoms with van der Waals surface area (Å²) in [6, 6.07) is 7.91. The molecule has 1 aromatic rings. The monoisotopic (exact) mass is 264 g/mol. The van der Waals surface area contributed by atoms with Gasteiger partial charge in [-0.15, -0.1) is 0 Å². The Morgan fingerprint density at radius 2 is 2.42 bits per heavy atom. The van der Waals surface area contributed by atoms with Crippen LogP contribution in [-0.4, -0.2) is 49.8 Å². The number of benzene rings is 1. The number of carbonyl (C=O) groups excluding carboxylic acids is 1. The summed E-state index contributed by atoms with van der Waals surface area (Å²) in [5, 5.41) is 0. The van der Waals surface area contributed by atoms with E-state index in [1.54, 1.807) is 0 Å². The van der Waals surface area contributed by atoms with Gasteiger partial charge in [0.25, 0.3) is 0 Å². The second-order valence-electron chi connectivity index (χ2n) is 4.82. The second kappa shape index (κ2) is 6.54. The van der Waals surface area contributed by atoms with Gasteiger partial charge in [-0.05, 0) is 24.6 Å². The summed E-state index contributed by atoms with van der Waals surface area (Å²) in [6.07, 6.45) is -0.0198. The van der Waals surface area contributed by atoms with Crippen LogP contribution in [0.5, 0.6) is 5.75 Å². The maximum atomic E-state index is 10.9. The van der Waals surface area contributed by atoms with E-state index in [0.29, 0.717) is 19.8 Å². The number of morpholine rings is 1. The van der Waals surface area contributed by atoms with Gasteiger partial charge < -0.3 is 15.2 Å². The van der Waals surface area contributed by atoms with Gasteiger partial charge in [-0.3, -0.25) is 9.69 Å². The number of ether oxygens (including phenoxy) is 2. The third kappa shape index (κ3) is 4.54. The molecule has 1 amide bonds. The molecule has 19 heavy (non-hydrogen) atoms. The van der Waals surface area contributed by atoms with Gasteiger partial charge in [0, 0.05) is 13.1 Å². The van der Waals surface area contributed by atoms with Crippen LogP contribution >= 0.6 is 0 Å². The minimum Gasteiger partial charge on any atom is -0.491 e. The van der Waals surface area contributed by atoms with Crippen molar-refractivity contribution in [3.63, 3.8) is 0 Å². The molecule has 1 unspecified atom stereocenters. The Morgan fingerprint density at radius 3 is 3.16 bits per heavy atom. The predicted molar refractivity (Wildman–Crippen MR) is 72.0 cm³/mol. The molecule has 0 saturated carbocycles. The Hall–Kier alpha value is -1.59. The van der Waals surface area contributed by atoms with E-state index in [4.69, 9.17) is 15.2 Å². The minimum absolute atomic E-state index is 0.0198. The first-order chi connectivity index (χ1) is 9.13. The lowest BCUT2D eigenvalue weighted by Gasteiger charge is -2.31. The lowest BCUT2D eigenvalue weighted by atomic mass is 10.2. The van der Waals surface area contributed by atoms with Crippen LogP contribution in [0.2, 0.25) is 0 Å². The molecule has 0 aliphatic carbocycles. The van der Waals surface area contributed by atoms with Crippen molar-refractivity contribution in [2.24, 2.45) is 5.73 Å². The van der Waals surface area contributed by atoms with Gasteiger partial charge in [-0.25, -0.2) is 0 Å². The number of primary amides is 1. The zero-order valence-corrected chi connectivity index (χ0v) is 11.2. The van der Waals surface area contributed by atoms with Crippen molar-refractivity contribution in [2.45, 2.75) is 13.0 Å². The van der Waals surface area contributed by atoms with Gasteiger partial charge in [0.15, 0.2) is 0 Å². The van der Waals surface area contributed by atoms with E-state index in [2.05, 4.69) is 0 Å². The Balaban J connectivity index is 1.81. The summed E-state index contributed by atoms with van der Waals surface area (Å²) in [6.45, 7) is 4.81. The van der Waals surface area contributed by atoms with Crippen LogP contribution in [0.1, 0.15) is 5.56 Å². The zero-order valence-electron chi connectivity index (χ0n) is 11.2. The van der Waals surface area contributed by atoms with Crippen LogP contribution in [0.15, 0.2) is 24.3 Å². The molecular formula is C14H20N2O3. The molecule has 0 radical (unpaired) electrons. The molecule has 2 rings (SSSR count). The number of carbonyl (C=O) groups is 1. The lowest BCUT2D eigenvalue weighted by molar-refractivity contribution is -0.121. The summed E-state index contributed by atoms with van der Waals surface area (Å²) in [5.74, 6) is 0.538. The fraction of sp³-hybridized carbons (Fsp3) is 0.500. The molecule has 0 spiro atoms. The van der Waals surface area contributed by atoms with Crippen LogP contribution in [0.25, 0.3) is 0 Å². The van der Waals surface area contributed by atoms with E-state index in [0.717, 1.165) is 17.9 Å². The molecule has 5 heteroatoms. The normalized spacial score (nSPS) is 20.2. The number of rotatable bonds is 5. The first-order valence-electron chi connectivity index (χ1n) is 6.45. The van der Waals surface area contributed by atoms with Gasteiger partial charge in [0.05, 0.1) is 13.2 Å². The molecule has 1 aromatic carbocycles. The average molecular weight is 264 g/mol. The smallest absolute Gasteiger partial charge is 0.231 e. The highest BCUT2D eigenvalue weighted by Crippen LogP contribution is 2.14. The summed E-state index contributed by atoms with van der Waals surface area (Å²) in [4.78, 5) is 12.9. The van der Waals surface area contributed by atoms with Crippen LogP contribution in [0, 0.1) is 6.92 Å². The largest absolute Gasteiger partial charge is 0.491 e. The van der Waals surface area contributed by atoms with E-state index in [-0.39, 0.29) is 18.6 Å². The molecule has 1 aliphatic heterocycles. The number of amides is 1. The Bertz CT molecular complexity index is 436. The SMILES string of the molecule is Cc1cccc(OCC2CN(CC(N)=O)CCO2)c1. The zero-order chi connectivity index (χ0) is 13.7. The highest BCUT2D eigenvalue weighted by Gasteiger charge is 2.21. The van der Waals surface area contributed by atoms with Gasteiger partial charge in [-0.2, -0.15) is 0 Å². The number of nitrogens with two attached hydrogens (primary N) is 1. The van der Waals surface area contributed by atoms with E-state index >= 15 is 0 Å². The maximum absolute atomic E-state index is 10.9. The number of nitrogens with zero attached hydrogens (tertiary/aromatic N) is 1. The molecule has 104 valence electrons. The standard InChI is InChI=1S/C14H20N2O3/c1-11-3-2-4-12(7-11)19-10-13-8-16(5-6-18-13)9-14(15)17/h2-4,7,13H,5-6,8-10H2,1H3,(H2,15,17). The van der Waals surface area contributed by atoms with Crippen molar-refractivity contribution in [2.75, 3.05) is 32.8 Å². The highest BCUT2D eigenvalue weighted by molar-refractivity contribution is 5.75. The van der Waals surface area contributed by atoms with Crippen molar-refractivity contribution in [1.29, 1.82) is 0 Å². The van der Waals surface area contributed by atoms with Gasteiger partial charge >= 0.3 is 0 Å². The summed E-state index contributed by atoms with van der Waals surface area (Å²) in [7, 11) is 0. The lowest BCUT2D eigenvalue weighted by Crippen LogP contribution is -2.47. The van der Waals surface area contributed by atoms with E-state index in [1.807, 2.05) is 36.1 Å². The molecule has 0 bridgehead atoms. The van der Waals surface area contributed by atoms with Gasteiger partial charge in [0.1, 0.15) is 18.5 Å². The van der Waals surface area contributed by atoms with Crippen LogP contribution in [0.3, 0.4) is 0 Å². The summed E-state index contributed by atoms with van der Waals surface area (Å²) >= 11 is 0. The minimum atomic E-state index is -0.305. The van der Waals surface area contributed by atoms with E-state index < -0.39 is 0 Å². The highest BCUT2D eigenvalue weighted by atomic mass is 16.5. The number of hydrogen-bond acceptors (Lipinski definition) is 4. The molecule has 0 aromatic heterocycles. The third-order valence-corrected chi connectivity index (χ3v) is 3.03. The molecule has 1 aliphatic rings. The van der Waals surface area contributed by atoms with Crippen molar-refractivity contribution in [3.8, 4) is 5.75 Å². The average Bonchev–Trinajstić information content (AvgIpc) is 2.36. The molecule has 1 heterocycles. The van der Waals surface area contributed by atoms with Crippen molar-refractivity contribution in [1.82, 2.24) is 4.90 Å². The predicted octanol–water partition coefficient (Wildman–Crippen LogP) is 0.560. The van der Waals surface area contributed by atoms with E-state index in [9.17, 15) is 4.79 Å². The molecule has 1 fully saturated rings. The number of aryl methyl sites for hydroxylation is 1. The van der Waals surface area contributed by atoms with Crippen LogP contribution in [-0.2, 0) is 9.53 Å². The molecule has 5 nitrogen and oxygen atoms in total. The maximum Gasteiger partial charge on any atom is 0.231 e. The first-order valence-corrected chi connectivity index (χ1v) is 6.45. The molecule has 1 saturated heterocycles. The van der Waals surface area contributed by atoms with Crippen LogP contribution < -0.4 is 10.5 Å². The van der Waals surface area contributed by atoms with Gasteiger partial charge in [-0.1, -0.05) is 12.1 Å². The van der Waals surface area contributed by atoms with Crippen molar-refractivity contribution in [3.05, 3.63) is 29.8 Å². The van der Waals surface area contributed by atoms with Gasteiger partial charge in [0.2, 0.25) is 5.91 Å². The fourth-order valence-corrected chi connectivity index (χ4v) is 2.14.